The fraction of sp³-hybridized carbons (Fsp3) is 0.500. The molecule has 1 heterocycles. The third kappa shape index (κ3) is 4.54. The maximum atomic E-state index is 11.1. The summed E-state index contributed by atoms with van der Waals surface area (Å²) in [5.74, 6) is 1.23. The zero-order chi connectivity index (χ0) is 12.7. The number of anilines is 3. The number of aromatic nitrogens is 2. The minimum atomic E-state index is -0.120. The number of nitrogens with one attached hydrogen (secondary N) is 3. The molecule has 0 spiro atoms. The van der Waals surface area contributed by atoms with Gasteiger partial charge in [0.05, 0.1) is 6.54 Å². The largest absolute Gasteiger partial charge is 0.370 e. The highest BCUT2D eigenvalue weighted by Gasteiger charge is 2.03. The van der Waals surface area contributed by atoms with Crippen molar-refractivity contribution in [3.05, 3.63) is 6.07 Å². The van der Waals surface area contributed by atoms with E-state index in [4.69, 9.17) is 5.73 Å². The summed E-state index contributed by atoms with van der Waals surface area (Å²) >= 11 is 0. The number of rotatable bonds is 6. The van der Waals surface area contributed by atoms with Crippen LogP contribution in [0.5, 0.6) is 0 Å². The summed E-state index contributed by atoms with van der Waals surface area (Å²) in [6.45, 7) is 3.02. The molecule has 7 heteroatoms. The first-order valence-corrected chi connectivity index (χ1v) is 5.48. The lowest BCUT2D eigenvalue weighted by molar-refractivity contribution is -0.118. The average Bonchev–Trinajstić information content (AvgIpc) is 2.32. The number of nitrogens with two attached hydrogens (primary N) is 1. The van der Waals surface area contributed by atoms with Gasteiger partial charge in [-0.25, -0.2) is 0 Å². The smallest absolute Gasteiger partial charge is 0.239 e. The molecule has 0 aromatic carbocycles. The van der Waals surface area contributed by atoms with E-state index >= 15 is 0 Å². The Morgan fingerprint density at radius 2 is 2.00 bits per heavy atom. The first-order chi connectivity index (χ1) is 8.15. The average molecular weight is 238 g/mol. The Hall–Kier alpha value is -2.05. The summed E-state index contributed by atoms with van der Waals surface area (Å²) < 4.78 is 0. The predicted octanol–water partition coefficient (Wildman–Crippen LogP) is 0.0386. The van der Waals surface area contributed by atoms with Crippen LogP contribution in [-0.2, 0) is 4.79 Å². The number of hydrogen-bond donors (Lipinski definition) is 4. The molecule has 5 N–H and O–H groups in total. The summed E-state index contributed by atoms with van der Waals surface area (Å²) in [6.07, 6.45) is 0.991. The van der Waals surface area contributed by atoms with E-state index in [-0.39, 0.29) is 18.4 Å². The first-order valence-electron chi connectivity index (χ1n) is 5.48. The Morgan fingerprint density at radius 1 is 1.35 bits per heavy atom. The van der Waals surface area contributed by atoms with Gasteiger partial charge in [0.1, 0.15) is 11.6 Å². The normalized spacial score (nSPS) is 9.76. The number of carbonyl (C=O) groups excluding carboxylic acids is 1. The van der Waals surface area contributed by atoms with Crippen molar-refractivity contribution in [3.63, 3.8) is 0 Å². The standard InChI is InChI=1S/C10H18N6O/c1-3-4-13-7-5-8(16-10(11)15-7)14-6-9(17)12-2/h5H,3-4,6H2,1-2H3,(H,12,17)(H4,11,13,14,15,16). The number of carbonyl (C=O) groups is 1. The highest BCUT2D eigenvalue weighted by Crippen LogP contribution is 2.11. The van der Waals surface area contributed by atoms with Gasteiger partial charge in [0, 0.05) is 19.7 Å². The van der Waals surface area contributed by atoms with Crippen LogP contribution in [-0.4, -0.2) is 36.0 Å². The molecule has 1 aromatic heterocycles. The summed E-state index contributed by atoms with van der Waals surface area (Å²) in [5, 5.41) is 8.48. The quantitative estimate of drug-likeness (QED) is 0.557. The summed E-state index contributed by atoms with van der Waals surface area (Å²) in [6, 6.07) is 1.72. The van der Waals surface area contributed by atoms with Crippen molar-refractivity contribution in [2.24, 2.45) is 0 Å². The van der Waals surface area contributed by atoms with E-state index < -0.39 is 0 Å². The Bertz CT molecular complexity index is 381. The Morgan fingerprint density at radius 3 is 2.59 bits per heavy atom. The highest BCUT2D eigenvalue weighted by molar-refractivity contribution is 5.80. The second-order valence-electron chi connectivity index (χ2n) is 3.45. The molecule has 0 fully saturated rings. The number of nitrogens with zero attached hydrogens (tertiary/aromatic N) is 2. The molecule has 1 aromatic rings. The minimum Gasteiger partial charge on any atom is -0.370 e. The van der Waals surface area contributed by atoms with E-state index in [0.29, 0.717) is 11.6 Å². The van der Waals surface area contributed by atoms with E-state index in [1.54, 1.807) is 13.1 Å². The maximum Gasteiger partial charge on any atom is 0.239 e. The van der Waals surface area contributed by atoms with Gasteiger partial charge in [-0.2, -0.15) is 9.97 Å². The van der Waals surface area contributed by atoms with Gasteiger partial charge in [0.2, 0.25) is 11.9 Å². The third-order valence-corrected chi connectivity index (χ3v) is 2.01. The predicted molar refractivity (Wildman–Crippen MR) is 67.8 cm³/mol. The van der Waals surface area contributed by atoms with Crippen LogP contribution in [0.4, 0.5) is 17.6 Å². The van der Waals surface area contributed by atoms with Crippen LogP contribution in [0, 0.1) is 0 Å². The van der Waals surface area contributed by atoms with Crippen LogP contribution in [0.1, 0.15) is 13.3 Å². The van der Waals surface area contributed by atoms with Crippen LogP contribution in [0.2, 0.25) is 0 Å². The molecule has 0 unspecified atom stereocenters. The van der Waals surface area contributed by atoms with Crippen LogP contribution < -0.4 is 21.7 Å². The van der Waals surface area contributed by atoms with E-state index in [1.807, 2.05) is 0 Å². The zero-order valence-corrected chi connectivity index (χ0v) is 10.1. The van der Waals surface area contributed by atoms with Gasteiger partial charge < -0.3 is 21.7 Å². The molecule has 0 aliphatic rings. The van der Waals surface area contributed by atoms with Gasteiger partial charge in [-0.3, -0.25) is 4.79 Å². The molecule has 0 saturated carbocycles. The van der Waals surface area contributed by atoms with Crippen molar-refractivity contribution in [3.8, 4) is 0 Å². The SMILES string of the molecule is CCCNc1cc(NCC(=O)NC)nc(N)n1. The van der Waals surface area contributed by atoms with Crippen molar-refractivity contribution >= 4 is 23.5 Å². The first kappa shape index (κ1) is 13.0. The summed E-state index contributed by atoms with van der Waals surface area (Å²) in [5.41, 5.74) is 5.57. The molecule has 0 radical (unpaired) electrons. The Balaban J connectivity index is 2.65. The van der Waals surface area contributed by atoms with Crippen LogP contribution >= 0.6 is 0 Å². The Kier molecular flexibility index (Phi) is 4.99. The minimum absolute atomic E-state index is 0.120. The van der Waals surface area contributed by atoms with Crippen LogP contribution in [0.15, 0.2) is 6.07 Å². The molecule has 0 bridgehead atoms. The van der Waals surface area contributed by atoms with Gasteiger partial charge >= 0.3 is 0 Å². The third-order valence-electron chi connectivity index (χ3n) is 2.01. The van der Waals surface area contributed by atoms with Crippen molar-refractivity contribution in [2.45, 2.75) is 13.3 Å². The monoisotopic (exact) mass is 238 g/mol. The second kappa shape index (κ2) is 6.51. The fourth-order valence-corrected chi connectivity index (χ4v) is 1.16. The molecule has 0 aliphatic heterocycles. The lowest BCUT2D eigenvalue weighted by atomic mass is 10.4. The molecule has 0 aliphatic carbocycles. The van der Waals surface area contributed by atoms with Crippen LogP contribution in [0.25, 0.3) is 0 Å². The molecule has 1 amide bonds. The van der Waals surface area contributed by atoms with Crippen molar-refractivity contribution in [1.82, 2.24) is 15.3 Å². The molecular weight excluding hydrogens is 220 g/mol. The lowest BCUT2D eigenvalue weighted by Gasteiger charge is -2.08. The maximum absolute atomic E-state index is 11.1. The molecule has 1 rings (SSSR count). The number of amides is 1. The van der Waals surface area contributed by atoms with E-state index in [2.05, 4.69) is 32.8 Å². The fourth-order valence-electron chi connectivity index (χ4n) is 1.16. The van der Waals surface area contributed by atoms with Crippen LogP contribution in [0.3, 0.4) is 0 Å². The summed E-state index contributed by atoms with van der Waals surface area (Å²) in [4.78, 5) is 19.1. The van der Waals surface area contributed by atoms with E-state index in [9.17, 15) is 4.79 Å². The van der Waals surface area contributed by atoms with Gasteiger partial charge in [0.15, 0.2) is 0 Å². The van der Waals surface area contributed by atoms with Gasteiger partial charge in [-0.1, -0.05) is 6.92 Å². The lowest BCUT2D eigenvalue weighted by Crippen LogP contribution is -2.26. The Labute approximate surface area is 100 Å². The van der Waals surface area contributed by atoms with Crippen molar-refractivity contribution in [1.29, 1.82) is 0 Å². The molecule has 7 nitrogen and oxygen atoms in total. The topological polar surface area (TPSA) is 105 Å². The molecule has 0 atom stereocenters. The highest BCUT2D eigenvalue weighted by atomic mass is 16.1. The molecule has 0 saturated heterocycles. The number of nitrogen functional groups attached to an aromatic ring is 1. The van der Waals surface area contributed by atoms with Gasteiger partial charge in [0.25, 0.3) is 0 Å². The summed E-state index contributed by atoms with van der Waals surface area (Å²) in [7, 11) is 1.58. The van der Waals surface area contributed by atoms with E-state index in [0.717, 1.165) is 13.0 Å². The van der Waals surface area contributed by atoms with Crippen molar-refractivity contribution < 1.29 is 4.79 Å². The molecule has 94 valence electrons. The molecule has 17 heavy (non-hydrogen) atoms. The van der Waals surface area contributed by atoms with Crippen molar-refractivity contribution in [2.75, 3.05) is 36.5 Å². The molecular formula is C10H18N6O. The van der Waals surface area contributed by atoms with Gasteiger partial charge in [-0.15, -0.1) is 0 Å². The number of likely N-dealkylation sites (N-methyl/N-ethyl adjacent to an activating group) is 1. The second-order valence-corrected chi connectivity index (χ2v) is 3.45. The zero-order valence-electron chi connectivity index (χ0n) is 10.1. The number of hydrogen-bond acceptors (Lipinski definition) is 6. The van der Waals surface area contributed by atoms with Gasteiger partial charge in [-0.05, 0) is 6.42 Å². The van der Waals surface area contributed by atoms with E-state index in [1.165, 1.54) is 0 Å².